The molecular weight excluding hydrogens is 314 g/mol. The van der Waals surface area contributed by atoms with E-state index >= 15 is 0 Å². The third-order valence-corrected chi connectivity index (χ3v) is 4.07. The molecule has 7 heteroatoms. The molecule has 0 spiro atoms. The van der Waals surface area contributed by atoms with Crippen LogP contribution in [-0.2, 0) is 13.8 Å². The molecule has 0 aliphatic carbocycles. The summed E-state index contributed by atoms with van der Waals surface area (Å²) in [4.78, 5) is 11.8. The van der Waals surface area contributed by atoms with Crippen LogP contribution in [-0.4, -0.2) is 26.5 Å². The first-order valence-electron chi connectivity index (χ1n) is 6.55. The van der Waals surface area contributed by atoms with E-state index in [-0.39, 0.29) is 22.6 Å². The monoisotopic (exact) mass is 333 g/mol. The summed E-state index contributed by atoms with van der Waals surface area (Å²) in [6.07, 6.45) is -0.828. The third-order valence-electron chi connectivity index (χ3n) is 2.74. The van der Waals surface area contributed by atoms with Crippen LogP contribution in [0, 0.1) is 13.8 Å². The number of carbonyl (C=O) groups is 1. The van der Waals surface area contributed by atoms with E-state index in [9.17, 15) is 13.2 Å². The standard InChI is InChI=1S/C14H20ClNO4S/c1-8(2)16-14(17)11(5)20-13-10(4)6-9(3)7-12(13)21(15,18)19/h6-8,11H,1-5H3,(H,16,17). The molecule has 0 radical (unpaired) electrons. The Morgan fingerprint density at radius 3 is 2.29 bits per heavy atom. The first-order chi connectivity index (χ1) is 9.52. The van der Waals surface area contributed by atoms with Gasteiger partial charge in [0.25, 0.3) is 15.0 Å². The highest BCUT2D eigenvalue weighted by atomic mass is 35.7. The van der Waals surface area contributed by atoms with E-state index in [2.05, 4.69) is 5.32 Å². The van der Waals surface area contributed by atoms with E-state index in [1.165, 1.54) is 6.07 Å². The second-order valence-electron chi connectivity index (χ2n) is 5.27. The van der Waals surface area contributed by atoms with Crippen LogP contribution in [0.2, 0.25) is 0 Å². The summed E-state index contributed by atoms with van der Waals surface area (Å²) >= 11 is 0. The highest BCUT2D eigenvalue weighted by Crippen LogP contribution is 2.32. The number of aryl methyl sites for hydroxylation is 2. The number of ether oxygens (including phenoxy) is 1. The number of benzene rings is 1. The van der Waals surface area contributed by atoms with Crippen molar-refractivity contribution in [3.8, 4) is 5.75 Å². The molecule has 1 unspecified atom stereocenters. The summed E-state index contributed by atoms with van der Waals surface area (Å²) in [7, 11) is 1.49. The zero-order chi connectivity index (χ0) is 16.4. The Labute approximate surface area is 130 Å². The van der Waals surface area contributed by atoms with Gasteiger partial charge in [-0.05, 0) is 51.8 Å². The molecule has 1 N–H and O–H groups in total. The van der Waals surface area contributed by atoms with Gasteiger partial charge in [-0.3, -0.25) is 4.79 Å². The average Bonchev–Trinajstić information content (AvgIpc) is 2.29. The van der Waals surface area contributed by atoms with Gasteiger partial charge in [-0.25, -0.2) is 8.42 Å². The smallest absolute Gasteiger partial charge is 0.265 e. The molecule has 1 aromatic carbocycles. The lowest BCUT2D eigenvalue weighted by molar-refractivity contribution is -0.127. The first-order valence-corrected chi connectivity index (χ1v) is 8.86. The second-order valence-corrected chi connectivity index (χ2v) is 7.80. The van der Waals surface area contributed by atoms with Gasteiger partial charge in [-0.1, -0.05) is 6.07 Å². The lowest BCUT2D eigenvalue weighted by Gasteiger charge is -2.19. The van der Waals surface area contributed by atoms with E-state index in [0.717, 1.165) is 5.56 Å². The molecule has 0 aromatic heterocycles. The van der Waals surface area contributed by atoms with E-state index < -0.39 is 15.2 Å². The van der Waals surface area contributed by atoms with Crippen molar-refractivity contribution in [2.24, 2.45) is 0 Å². The van der Waals surface area contributed by atoms with Crippen molar-refractivity contribution in [2.75, 3.05) is 0 Å². The predicted molar refractivity (Wildman–Crippen MR) is 82.3 cm³/mol. The molecule has 0 aliphatic rings. The number of carbonyl (C=O) groups excluding carboxylic acids is 1. The number of rotatable bonds is 5. The number of hydrogen-bond acceptors (Lipinski definition) is 4. The van der Waals surface area contributed by atoms with Gasteiger partial charge in [0.15, 0.2) is 6.10 Å². The molecule has 5 nitrogen and oxygen atoms in total. The van der Waals surface area contributed by atoms with Crippen molar-refractivity contribution < 1.29 is 17.9 Å². The lowest BCUT2D eigenvalue weighted by atomic mass is 10.1. The minimum Gasteiger partial charge on any atom is -0.479 e. The zero-order valence-corrected chi connectivity index (χ0v) is 14.3. The van der Waals surface area contributed by atoms with Crippen LogP contribution in [0.4, 0.5) is 0 Å². The van der Waals surface area contributed by atoms with Gasteiger partial charge in [0, 0.05) is 16.7 Å². The maximum atomic E-state index is 11.9. The minimum absolute atomic E-state index is 0.0288. The van der Waals surface area contributed by atoms with Gasteiger partial charge >= 0.3 is 0 Å². The molecule has 1 rings (SSSR count). The molecule has 1 atom stereocenters. The Morgan fingerprint density at radius 1 is 1.24 bits per heavy atom. The van der Waals surface area contributed by atoms with Crippen molar-refractivity contribution in [1.29, 1.82) is 0 Å². The average molecular weight is 334 g/mol. The van der Waals surface area contributed by atoms with E-state index in [0.29, 0.717) is 5.56 Å². The maximum Gasteiger partial charge on any atom is 0.265 e. The summed E-state index contributed by atoms with van der Waals surface area (Å²) in [6.45, 7) is 8.69. The molecule has 0 heterocycles. The van der Waals surface area contributed by atoms with Gasteiger partial charge in [-0.2, -0.15) is 0 Å². The highest BCUT2D eigenvalue weighted by Gasteiger charge is 2.23. The first kappa shape index (κ1) is 17.8. The molecule has 118 valence electrons. The molecule has 0 aliphatic heterocycles. The Bertz CT molecular complexity index is 641. The number of hydrogen-bond donors (Lipinski definition) is 1. The van der Waals surface area contributed by atoms with Gasteiger partial charge in [0.2, 0.25) is 0 Å². The van der Waals surface area contributed by atoms with Gasteiger partial charge in [-0.15, -0.1) is 0 Å². The van der Waals surface area contributed by atoms with Crippen molar-refractivity contribution in [2.45, 2.75) is 51.7 Å². The fourth-order valence-electron chi connectivity index (χ4n) is 1.88. The zero-order valence-electron chi connectivity index (χ0n) is 12.7. The van der Waals surface area contributed by atoms with E-state index in [1.807, 2.05) is 13.8 Å². The molecule has 0 bridgehead atoms. The number of halogens is 1. The lowest BCUT2D eigenvalue weighted by Crippen LogP contribution is -2.40. The third kappa shape index (κ3) is 4.89. The summed E-state index contributed by atoms with van der Waals surface area (Å²) < 4.78 is 28.9. The predicted octanol–water partition coefficient (Wildman–Crippen LogP) is 2.52. The molecule has 1 amide bonds. The van der Waals surface area contributed by atoms with Crippen LogP contribution in [0.15, 0.2) is 17.0 Å². The summed E-state index contributed by atoms with van der Waals surface area (Å²) in [5, 5.41) is 2.71. The molecule has 0 saturated carbocycles. The largest absolute Gasteiger partial charge is 0.479 e. The molecular formula is C14H20ClNO4S. The van der Waals surface area contributed by atoms with Crippen molar-refractivity contribution >= 4 is 25.6 Å². The van der Waals surface area contributed by atoms with Gasteiger partial charge in [0.1, 0.15) is 10.6 Å². The van der Waals surface area contributed by atoms with Crippen LogP contribution in [0.5, 0.6) is 5.75 Å². The van der Waals surface area contributed by atoms with Crippen LogP contribution >= 0.6 is 10.7 Å². The number of nitrogens with one attached hydrogen (secondary N) is 1. The molecule has 21 heavy (non-hydrogen) atoms. The normalized spacial score (nSPS) is 13.1. The Hall–Kier alpha value is -1.27. The van der Waals surface area contributed by atoms with Gasteiger partial charge in [0.05, 0.1) is 0 Å². The van der Waals surface area contributed by atoms with Crippen molar-refractivity contribution in [1.82, 2.24) is 5.32 Å². The summed E-state index contributed by atoms with van der Waals surface area (Å²) in [5.74, 6) is -0.204. The topological polar surface area (TPSA) is 72.5 Å². The number of amides is 1. The molecule has 0 fully saturated rings. The van der Waals surface area contributed by atoms with E-state index in [4.69, 9.17) is 15.4 Å². The SMILES string of the molecule is Cc1cc(C)c(OC(C)C(=O)NC(C)C)c(S(=O)(=O)Cl)c1. The van der Waals surface area contributed by atoms with Crippen LogP contribution in [0.25, 0.3) is 0 Å². The quantitative estimate of drug-likeness (QED) is 0.840. The van der Waals surface area contributed by atoms with E-state index in [1.54, 1.807) is 26.8 Å². The molecule has 1 aromatic rings. The fourth-order valence-corrected chi connectivity index (χ4v) is 2.98. The Balaban J connectivity index is 3.17. The maximum absolute atomic E-state index is 11.9. The summed E-state index contributed by atoms with van der Waals surface area (Å²) in [5.41, 5.74) is 1.36. The molecule has 0 saturated heterocycles. The minimum atomic E-state index is -3.96. The van der Waals surface area contributed by atoms with Crippen molar-refractivity contribution in [3.05, 3.63) is 23.3 Å². The second kappa shape index (κ2) is 6.66. The van der Waals surface area contributed by atoms with Crippen LogP contribution in [0.3, 0.4) is 0 Å². The fraction of sp³-hybridized carbons (Fsp3) is 0.500. The van der Waals surface area contributed by atoms with Crippen LogP contribution in [0.1, 0.15) is 31.9 Å². The Morgan fingerprint density at radius 2 is 1.81 bits per heavy atom. The van der Waals surface area contributed by atoms with Crippen LogP contribution < -0.4 is 10.1 Å². The Kier molecular flexibility index (Phi) is 5.64. The van der Waals surface area contributed by atoms with Gasteiger partial charge < -0.3 is 10.1 Å². The summed E-state index contributed by atoms with van der Waals surface area (Å²) in [6, 6.07) is 3.17. The highest BCUT2D eigenvalue weighted by molar-refractivity contribution is 8.13. The van der Waals surface area contributed by atoms with Crippen molar-refractivity contribution in [3.63, 3.8) is 0 Å².